The Morgan fingerprint density at radius 2 is 1.62 bits per heavy atom. The number of nitrogens with one attached hydrogen (secondary N) is 1. The van der Waals surface area contributed by atoms with E-state index in [-0.39, 0.29) is 26.3 Å². The van der Waals surface area contributed by atoms with Crippen molar-refractivity contribution in [2.75, 3.05) is 26.2 Å². The Balaban J connectivity index is 1.58. The van der Waals surface area contributed by atoms with Crippen LogP contribution in [0.4, 0.5) is 9.59 Å². The molecule has 1 unspecified atom stereocenters. The van der Waals surface area contributed by atoms with Gasteiger partial charge in [-0.15, -0.1) is 0 Å². The lowest BCUT2D eigenvalue weighted by Gasteiger charge is -2.31. The molecule has 0 aromatic heterocycles. The van der Waals surface area contributed by atoms with Gasteiger partial charge in [0, 0.05) is 19.7 Å². The van der Waals surface area contributed by atoms with Crippen molar-refractivity contribution >= 4 is 18.2 Å². The summed E-state index contributed by atoms with van der Waals surface area (Å²) < 4.78 is 22.9. The van der Waals surface area contributed by atoms with Gasteiger partial charge in [-0.2, -0.15) is 0 Å². The lowest BCUT2D eigenvalue weighted by Crippen LogP contribution is -2.43. The molecule has 4 N–H and O–H groups in total. The second kappa shape index (κ2) is 18.7. The van der Waals surface area contributed by atoms with Crippen LogP contribution < -0.4 is 11.1 Å². The highest BCUT2D eigenvalue weighted by atomic mass is 16.7. The van der Waals surface area contributed by atoms with Crippen LogP contribution >= 0.6 is 0 Å². The quantitative estimate of drug-likeness (QED) is 0.229. The number of nitrogens with zero attached hydrogens (tertiary/aromatic N) is 1. The lowest BCUT2D eigenvalue weighted by atomic mass is 10.1. The number of carboxylic acid groups (broad SMARTS) is 1. The number of ether oxygens (including phenoxy) is 4. The summed E-state index contributed by atoms with van der Waals surface area (Å²) >= 11 is 0. The zero-order chi connectivity index (χ0) is 30.0. The van der Waals surface area contributed by atoms with E-state index < -0.39 is 36.6 Å². The first-order chi connectivity index (χ1) is 20.4. The van der Waals surface area contributed by atoms with E-state index in [1.54, 1.807) is 4.90 Å². The van der Waals surface area contributed by atoms with E-state index in [4.69, 9.17) is 29.8 Å². The third-order valence-corrected chi connectivity index (χ3v) is 6.83. The number of hydrogen-bond acceptors (Lipinski definition) is 8. The largest absolute Gasteiger partial charge is 0.480 e. The van der Waals surface area contributed by atoms with Crippen molar-refractivity contribution in [3.8, 4) is 0 Å². The molecule has 1 aliphatic heterocycles. The molecule has 3 atom stereocenters. The summed E-state index contributed by atoms with van der Waals surface area (Å²) in [6.45, 7) is 1.69. The molecule has 11 heteroatoms. The number of carbonyl (C=O) groups excluding carboxylic acids is 2. The van der Waals surface area contributed by atoms with Gasteiger partial charge in [0.1, 0.15) is 19.3 Å². The van der Waals surface area contributed by atoms with E-state index in [1.165, 1.54) is 0 Å². The smallest absolute Gasteiger partial charge is 0.410 e. The third-order valence-electron chi connectivity index (χ3n) is 6.83. The molecular formula is C31H43N3O8. The molecule has 2 aromatic rings. The van der Waals surface area contributed by atoms with Crippen molar-refractivity contribution in [1.82, 2.24) is 10.2 Å². The Morgan fingerprint density at radius 3 is 2.24 bits per heavy atom. The molecule has 2 aromatic carbocycles. The van der Waals surface area contributed by atoms with Crippen molar-refractivity contribution in [2.45, 2.75) is 76.6 Å². The van der Waals surface area contributed by atoms with Crippen molar-refractivity contribution in [3.63, 3.8) is 0 Å². The summed E-state index contributed by atoms with van der Waals surface area (Å²) in [5.74, 6) is -1.05. The van der Waals surface area contributed by atoms with Crippen LogP contribution in [-0.2, 0) is 37.0 Å². The molecule has 42 heavy (non-hydrogen) atoms. The predicted octanol–water partition coefficient (Wildman–Crippen LogP) is 4.44. The summed E-state index contributed by atoms with van der Waals surface area (Å²) in [6, 6.07) is 17.8. The average Bonchev–Trinajstić information content (AvgIpc) is 3.01. The molecule has 0 aliphatic carbocycles. The van der Waals surface area contributed by atoms with Crippen molar-refractivity contribution in [3.05, 3.63) is 71.8 Å². The molecule has 11 nitrogen and oxygen atoms in total. The first-order valence-electron chi connectivity index (χ1n) is 14.6. The summed E-state index contributed by atoms with van der Waals surface area (Å²) in [5.41, 5.74) is 7.39. The fourth-order valence-electron chi connectivity index (χ4n) is 4.45. The molecule has 0 bridgehead atoms. The summed E-state index contributed by atoms with van der Waals surface area (Å²) in [4.78, 5) is 38.1. The van der Waals surface area contributed by atoms with E-state index in [0.717, 1.165) is 30.4 Å². The normalized spacial score (nSPS) is 16.2. The third kappa shape index (κ3) is 12.9. The van der Waals surface area contributed by atoms with Crippen LogP contribution in [0.3, 0.4) is 0 Å². The summed E-state index contributed by atoms with van der Waals surface area (Å²) in [5, 5.41) is 11.8. The summed E-state index contributed by atoms with van der Waals surface area (Å²) in [6.07, 6.45) is 2.58. The molecule has 2 amide bonds. The standard InChI is InChI=1S/C31H43N3O8/c32-27(29(35)36)15-7-9-19-34(31(38)41-23-25-13-5-2-6-14-25)21-26(42-28-16-8-10-20-39-28)17-18-33-30(37)40-22-24-11-3-1-4-12-24/h1-6,11-14,26-28H,7-10,15-23,32H2,(H,33,37)(H,35,36)/t26-,27-,28?/m0/s1. The van der Waals surface area contributed by atoms with Crippen LogP contribution in [-0.4, -0.2) is 72.8 Å². The van der Waals surface area contributed by atoms with E-state index in [9.17, 15) is 14.4 Å². The number of nitrogens with two attached hydrogens (primary N) is 1. The Hall–Kier alpha value is -3.67. The van der Waals surface area contributed by atoms with Gasteiger partial charge in [0.15, 0.2) is 6.29 Å². The molecule has 1 aliphatic rings. The minimum atomic E-state index is -1.05. The number of aliphatic carboxylic acids is 1. The number of carboxylic acids is 1. The maximum absolute atomic E-state index is 13.2. The van der Waals surface area contributed by atoms with Crippen LogP contribution in [0.5, 0.6) is 0 Å². The number of alkyl carbamates (subject to hydrolysis) is 1. The second-order valence-corrected chi connectivity index (χ2v) is 10.3. The van der Waals surface area contributed by atoms with E-state index in [1.807, 2.05) is 60.7 Å². The van der Waals surface area contributed by atoms with Crippen molar-refractivity contribution in [1.29, 1.82) is 0 Å². The first-order valence-corrected chi connectivity index (χ1v) is 14.6. The van der Waals surface area contributed by atoms with Gasteiger partial charge in [0.05, 0.1) is 12.6 Å². The molecule has 3 rings (SSSR count). The Labute approximate surface area is 247 Å². The van der Waals surface area contributed by atoms with Crippen LogP contribution in [0.1, 0.15) is 56.1 Å². The summed E-state index contributed by atoms with van der Waals surface area (Å²) in [7, 11) is 0. The monoisotopic (exact) mass is 585 g/mol. The molecule has 1 heterocycles. The maximum Gasteiger partial charge on any atom is 0.410 e. The Bertz CT molecular complexity index is 1070. The van der Waals surface area contributed by atoms with Crippen LogP contribution in [0.2, 0.25) is 0 Å². The van der Waals surface area contributed by atoms with E-state index in [0.29, 0.717) is 38.8 Å². The molecular weight excluding hydrogens is 542 g/mol. The minimum absolute atomic E-state index is 0.117. The number of amides is 2. The fraction of sp³-hybridized carbons (Fsp3) is 0.516. The topological polar surface area (TPSA) is 150 Å². The van der Waals surface area contributed by atoms with Gasteiger partial charge in [-0.1, -0.05) is 60.7 Å². The highest BCUT2D eigenvalue weighted by Crippen LogP contribution is 2.18. The number of rotatable bonds is 17. The highest BCUT2D eigenvalue weighted by molar-refractivity contribution is 5.73. The fourth-order valence-corrected chi connectivity index (χ4v) is 4.45. The second-order valence-electron chi connectivity index (χ2n) is 10.3. The molecule has 1 saturated heterocycles. The van der Waals surface area contributed by atoms with Gasteiger partial charge < -0.3 is 40.0 Å². The van der Waals surface area contributed by atoms with E-state index in [2.05, 4.69) is 5.32 Å². The molecule has 0 saturated carbocycles. The minimum Gasteiger partial charge on any atom is -0.480 e. The Morgan fingerprint density at radius 1 is 0.952 bits per heavy atom. The first kappa shape index (κ1) is 32.8. The van der Waals surface area contributed by atoms with E-state index >= 15 is 0 Å². The van der Waals surface area contributed by atoms with Gasteiger partial charge in [-0.25, -0.2) is 9.59 Å². The SMILES string of the molecule is N[C@@H](CCCCN(C[C@H](CCNC(=O)OCc1ccccc1)OC1CCCCO1)C(=O)OCc1ccccc1)C(=O)O. The average molecular weight is 586 g/mol. The molecule has 230 valence electrons. The molecule has 0 radical (unpaired) electrons. The zero-order valence-corrected chi connectivity index (χ0v) is 24.0. The van der Waals surface area contributed by atoms with Gasteiger partial charge in [0.2, 0.25) is 0 Å². The van der Waals surface area contributed by atoms with Gasteiger partial charge >= 0.3 is 18.2 Å². The van der Waals surface area contributed by atoms with Crippen LogP contribution in [0, 0.1) is 0 Å². The predicted molar refractivity (Wildman–Crippen MR) is 155 cm³/mol. The zero-order valence-electron chi connectivity index (χ0n) is 24.0. The number of hydrogen-bond donors (Lipinski definition) is 3. The maximum atomic E-state index is 13.2. The Kier molecular flexibility index (Phi) is 14.6. The number of unbranched alkanes of at least 4 members (excludes halogenated alkanes) is 1. The number of benzene rings is 2. The number of carbonyl (C=O) groups is 3. The lowest BCUT2D eigenvalue weighted by molar-refractivity contribution is -0.191. The van der Waals surface area contributed by atoms with Crippen molar-refractivity contribution < 1.29 is 38.4 Å². The van der Waals surface area contributed by atoms with Crippen LogP contribution in [0.15, 0.2) is 60.7 Å². The van der Waals surface area contributed by atoms with Crippen molar-refractivity contribution in [2.24, 2.45) is 5.73 Å². The van der Waals surface area contributed by atoms with Gasteiger partial charge in [-0.3, -0.25) is 4.79 Å². The molecule has 1 fully saturated rings. The highest BCUT2D eigenvalue weighted by Gasteiger charge is 2.25. The van der Waals surface area contributed by atoms with Crippen LogP contribution in [0.25, 0.3) is 0 Å². The van der Waals surface area contributed by atoms with Gasteiger partial charge in [0.25, 0.3) is 0 Å². The van der Waals surface area contributed by atoms with Gasteiger partial charge in [-0.05, 0) is 56.1 Å². The molecule has 0 spiro atoms.